The molecule has 1 aromatic heterocycles. The number of likely N-dealkylation sites (tertiary alicyclic amines) is 1. The third-order valence-corrected chi connectivity index (χ3v) is 4.03. The van der Waals surface area contributed by atoms with Gasteiger partial charge in [0.25, 0.3) is 0 Å². The van der Waals surface area contributed by atoms with E-state index in [1.807, 2.05) is 11.9 Å². The van der Waals surface area contributed by atoms with Gasteiger partial charge < -0.3 is 9.42 Å². The summed E-state index contributed by atoms with van der Waals surface area (Å²) in [5.41, 5.74) is 2.34. The van der Waals surface area contributed by atoms with Crippen LogP contribution < -0.4 is 0 Å². The maximum Gasteiger partial charge on any atom is 0.222 e. The molecular formula is C13H19N3O2. The average molecular weight is 249 g/mol. The fraction of sp³-hybridized carbons (Fsp3) is 0.692. The molecule has 1 fully saturated rings. The van der Waals surface area contributed by atoms with E-state index in [0.717, 1.165) is 44.7 Å². The molecule has 98 valence electrons. The highest BCUT2D eigenvalue weighted by atomic mass is 16.5. The van der Waals surface area contributed by atoms with Crippen molar-refractivity contribution in [1.29, 1.82) is 0 Å². The van der Waals surface area contributed by atoms with Gasteiger partial charge in [0, 0.05) is 51.6 Å². The summed E-state index contributed by atoms with van der Waals surface area (Å²) in [7, 11) is 1.91. The molecule has 5 nitrogen and oxygen atoms in total. The van der Waals surface area contributed by atoms with Gasteiger partial charge in [0.2, 0.25) is 5.91 Å². The largest absolute Gasteiger partial charge is 0.364 e. The quantitative estimate of drug-likeness (QED) is 0.781. The van der Waals surface area contributed by atoms with Crippen molar-refractivity contribution in [3.8, 4) is 0 Å². The standard InChI is InChI=1S/C13H19N3O2/c1-15-6-10(2-3-13(15)17)7-16-5-4-12-11(8-16)9-18-14-12/h9-10H,2-8H2,1H3. The van der Waals surface area contributed by atoms with Crippen molar-refractivity contribution in [2.75, 3.05) is 26.7 Å². The Labute approximate surface area is 107 Å². The molecule has 0 spiro atoms. The molecule has 0 N–H and O–H groups in total. The van der Waals surface area contributed by atoms with Crippen molar-refractivity contribution in [3.05, 3.63) is 17.5 Å². The molecule has 0 saturated carbocycles. The van der Waals surface area contributed by atoms with Gasteiger partial charge in [0.15, 0.2) is 0 Å². The Morgan fingerprint density at radius 3 is 3.22 bits per heavy atom. The number of rotatable bonds is 2. The summed E-state index contributed by atoms with van der Waals surface area (Å²) in [5, 5.41) is 4.01. The summed E-state index contributed by atoms with van der Waals surface area (Å²) in [4.78, 5) is 15.8. The summed E-state index contributed by atoms with van der Waals surface area (Å²) in [6.45, 7) is 3.95. The molecule has 0 radical (unpaired) electrons. The van der Waals surface area contributed by atoms with Crippen molar-refractivity contribution in [2.24, 2.45) is 5.92 Å². The molecule has 1 aromatic rings. The molecule has 0 aliphatic carbocycles. The van der Waals surface area contributed by atoms with Gasteiger partial charge in [-0.2, -0.15) is 0 Å². The second-order valence-corrected chi connectivity index (χ2v) is 5.45. The molecule has 3 heterocycles. The van der Waals surface area contributed by atoms with Crippen molar-refractivity contribution >= 4 is 5.91 Å². The van der Waals surface area contributed by atoms with Gasteiger partial charge in [-0.3, -0.25) is 9.69 Å². The topological polar surface area (TPSA) is 49.6 Å². The van der Waals surface area contributed by atoms with Crippen LogP contribution in [0.4, 0.5) is 0 Å². The lowest BCUT2D eigenvalue weighted by molar-refractivity contribution is -0.133. The minimum absolute atomic E-state index is 0.284. The van der Waals surface area contributed by atoms with E-state index < -0.39 is 0 Å². The fourth-order valence-electron chi connectivity index (χ4n) is 2.97. The number of hydrogen-bond acceptors (Lipinski definition) is 4. The highest BCUT2D eigenvalue weighted by molar-refractivity contribution is 5.76. The Kier molecular flexibility index (Phi) is 3.07. The number of carbonyl (C=O) groups excluding carboxylic acids is 1. The fourth-order valence-corrected chi connectivity index (χ4v) is 2.97. The van der Waals surface area contributed by atoms with Crippen LogP contribution in [0.5, 0.6) is 0 Å². The van der Waals surface area contributed by atoms with Crippen LogP contribution in [-0.2, 0) is 17.8 Å². The first kappa shape index (κ1) is 11.7. The van der Waals surface area contributed by atoms with E-state index in [0.29, 0.717) is 12.3 Å². The zero-order valence-corrected chi connectivity index (χ0v) is 10.8. The van der Waals surface area contributed by atoms with E-state index in [9.17, 15) is 4.79 Å². The molecule has 3 rings (SSSR count). The molecule has 0 bridgehead atoms. The molecule has 1 saturated heterocycles. The maximum absolute atomic E-state index is 11.5. The number of amides is 1. The van der Waals surface area contributed by atoms with Crippen molar-refractivity contribution in [1.82, 2.24) is 15.0 Å². The van der Waals surface area contributed by atoms with Crippen LogP contribution in [0.15, 0.2) is 10.8 Å². The van der Waals surface area contributed by atoms with Gasteiger partial charge in [-0.05, 0) is 12.3 Å². The minimum Gasteiger partial charge on any atom is -0.364 e. The molecule has 2 aliphatic heterocycles. The third-order valence-electron chi connectivity index (χ3n) is 4.03. The predicted octanol–water partition coefficient (Wildman–Crippen LogP) is 0.901. The normalized spacial score (nSPS) is 25.3. The average Bonchev–Trinajstić information content (AvgIpc) is 2.81. The number of piperidine rings is 1. The minimum atomic E-state index is 0.284. The van der Waals surface area contributed by atoms with Gasteiger partial charge >= 0.3 is 0 Å². The highest BCUT2D eigenvalue weighted by Gasteiger charge is 2.26. The molecule has 5 heteroatoms. The van der Waals surface area contributed by atoms with E-state index >= 15 is 0 Å². The van der Waals surface area contributed by atoms with E-state index in [1.165, 1.54) is 5.56 Å². The second kappa shape index (κ2) is 4.72. The van der Waals surface area contributed by atoms with E-state index in [-0.39, 0.29) is 5.91 Å². The van der Waals surface area contributed by atoms with Gasteiger partial charge in [-0.15, -0.1) is 0 Å². The summed E-state index contributed by atoms with van der Waals surface area (Å²) in [6.07, 6.45) is 4.47. The van der Waals surface area contributed by atoms with Crippen LogP contribution in [0.3, 0.4) is 0 Å². The van der Waals surface area contributed by atoms with Crippen molar-refractivity contribution < 1.29 is 9.32 Å². The molecule has 1 unspecified atom stereocenters. The zero-order chi connectivity index (χ0) is 12.5. The first-order chi connectivity index (χ1) is 8.72. The predicted molar refractivity (Wildman–Crippen MR) is 65.8 cm³/mol. The lowest BCUT2D eigenvalue weighted by Crippen LogP contribution is -2.43. The summed E-state index contributed by atoms with van der Waals surface area (Å²) in [5.74, 6) is 0.889. The monoisotopic (exact) mass is 249 g/mol. The highest BCUT2D eigenvalue weighted by Crippen LogP contribution is 2.22. The Balaban J connectivity index is 1.57. The third kappa shape index (κ3) is 2.27. The van der Waals surface area contributed by atoms with Crippen LogP contribution in [0.1, 0.15) is 24.1 Å². The van der Waals surface area contributed by atoms with E-state index in [4.69, 9.17) is 4.52 Å². The maximum atomic E-state index is 11.5. The molecule has 1 atom stereocenters. The SMILES string of the molecule is CN1CC(CN2CCc3nocc3C2)CCC1=O. The Bertz CT molecular complexity index is 443. The first-order valence-corrected chi connectivity index (χ1v) is 6.61. The number of hydrogen-bond donors (Lipinski definition) is 0. The van der Waals surface area contributed by atoms with Crippen LogP contribution >= 0.6 is 0 Å². The van der Waals surface area contributed by atoms with Crippen molar-refractivity contribution in [3.63, 3.8) is 0 Å². The molecular weight excluding hydrogens is 230 g/mol. The number of aromatic nitrogens is 1. The zero-order valence-electron chi connectivity index (χ0n) is 10.8. The number of nitrogens with zero attached hydrogens (tertiary/aromatic N) is 3. The molecule has 0 aromatic carbocycles. The van der Waals surface area contributed by atoms with Gasteiger partial charge in [0.1, 0.15) is 6.26 Å². The molecule has 2 aliphatic rings. The molecule has 1 amide bonds. The smallest absolute Gasteiger partial charge is 0.222 e. The first-order valence-electron chi connectivity index (χ1n) is 6.61. The summed E-state index contributed by atoms with van der Waals surface area (Å²) in [6, 6.07) is 0. The van der Waals surface area contributed by atoms with Crippen LogP contribution in [0.25, 0.3) is 0 Å². The second-order valence-electron chi connectivity index (χ2n) is 5.45. The number of fused-ring (bicyclic) bond motifs is 1. The molecule has 18 heavy (non-hydrogen) atoms. The number of carbonyl (C=O) groups is 1. The van der Waals surface area contributed by atoms with Crippen LogP contribution in [0, 0.1) is 5.92 Å². The lowest BCUT2D eigenvalue weighted by atomic mass is 9.96. The summed E-state index contributed by atoms with van der Waals surface area (Å²) < 4.78 is 5.01. The van der Waals surface area contributed by atoms with Crippen LogP contribution in [-0.4, -0.2) is 47.5 Å². The van der Waals surface area contributed by atoms with Gasteiger partial charge in [0.05, 0.1) is 5.69 Å². The van der Waals surface area contributed by atoms with E-state index in [1.54, 1.807) is 6.26 Å². The summed E-state index contributed by atoms with van der Waals surface area (Å²) >= 11 is 0. The Hall–Kier alpha value is -1.36. The van der Waals surface area contributed by atoms with Gasteiger partial charge in [-0.1, -0.05) is 5.16 Å². The Morgan fingerprint density at radius 2 is 2.39 bits per heavy atom. The van der Waals surface area contributed by atoms with Crippen molar-refractivity contribution in [2.45, 2.75) is 25.8 Å². The van der Waals surface area contributed by atoms with Crippen LogP contribution in [0.2, 0.25) is 0 Å². The lowest BCUT2D eigenvalue weighted by Gasteiger charge is -2.34. The van der Waals surface area contributed by atoms with E-state index in [2.05, 4.69) is 10.1 Å². The Morgan fingerprint density at radius 1 is 1.50 bits per heavy atom. The van der Waals surface area contributed by atoms with Gasteiger partial charge in [-0.25, -0.2) is 0 Å².